The van der Waals surface area contributed by atoms with Crippen molar-refractivity contribution >= 4 is 31.5 Å². The Labute approximate surface area is 194 Å². The molecule has 0 bridgehead atoms. The number of sulfone groups is 1. The first kappa shape index (κ1) is 24.5. The number of rotatable bonds is 7. The van der Waals surface area contributed by atoms with Gasteiger partial charge in [0, 0.05) is 17.5 Å². The number of benzene rings is 3. The average molecular weight is 487 g/mol. The summed E-state index contributed by atoms with van der Waals surface area (Å²) < 4.78 is 51.7. The van der Waals surface area contributed by atoms with Crippen LogP contribution in [0.5, 0.6) is 0 Å². The molecule has 0 spiro atoms. The van der Waals surface area contributed by atoms with Gasteiger partial charge < -0.3 is 5.32 Å². The second-order valence-corrected chi connectivity index (χ2v) is 11.7. The number of carbonyl (C=O) groups is 1. The van der Waals surface area contributed by atoms with Crippen LogP contribution in [0, 0.1) is 13.8 Å². The lowest BCUT2D eigenvalue weighted by Crippen LogP contribution is -2.27. The molecular weight excluding hydrogens is 460 g/mol. The molecule has 1 atom stereocenters. The van der Waals surface area contributed by atoms with Crippen molar-refractivity contribution in [2.75, 3.05) is 11.0 Å². The van der Waals surface area contributed by atoms with Crippen LogP contribution in [0.1, 0.15) is 40.0 Å². The molecule has 3 aromatic rings. The minimum atomic E-state index is -3.90. The van der Waals surface area contributed by atoms with Gasteiger partial charge in [-0.3, -0.25) is 9.52 Å². The third kappa shape index (κ3) is 6.00. The summed E-state index contributed by atoms with van der Waals surface area (Å²) in [6.45, 7) is 5.33. The van der Waals surface area contributed by atoms with Crippen LogP contribution in [0.15, 0.2) is 76.5 Å². The number of amides is 1. The van der Waals surface area contributed by atoms with E-state index in [2.05, 4.69) is 10.0 Å². The number of hydrogen-bond acceptors (Lipinski definition) is 5. The third-order valence-corrected chi connectivity index (χ3v) is 7.85. The number of carbonyl (C=O) groups excluding carboxylic acids is 1. The zero-order valence-electron chi connectivity index (χ0n) is 18.8. The van der Waals surface area contributed by atoms with Crippen LogP contribution >= 0.6 is 0 Å². The lowest BCUT2D eigenvalue weighted by atomic mass is 10.1. The predicted octanol–water partition coefficient (Wildman–Crippen LogP) is 4.00. The molecule has 0 aromatic heterocycles. The number of sulfonamides is 1. The van der Waals surface area contributed by atoms with Gasteiger partial charge >= 0.3 is 0 Å². The molecule has 2 N–H and O–H groups in total. The predicted molar refractivity (Wildman–Crippen MR) is 129 cm³/mol. The van der Waals surface area contributed by atoms with Gasteiger partial charge in [0.2, 0.25) is 0 Å². The second-order valence-electron chi connectivity index (χ2n) is 7.99. The van der Waals surface area contributed by atoms with Gasteiger partial charge in [-0.2, -0.15) is 0 Å². The highest BCUT2D eigenvalue weighted by Gasteiger charge is 2.20. The monoisotopic (exact) mass is 486 g/mol. The van der Waals surface area contributed by atoms with Gasteiger partial charge in [-0.15, -0.1) is 0 Å². The maximum atomic E-state index is 12.9. The smallest absolute Gasteiger partial charge is 0.262 e. The fourth-order valence-electron chi connectivity index (χ4n) is 3.23. The Morgan fingerprint density at radius 3 is 2.03 bits per heavy atom. The summed E-state index contributed by atoms with van der Waals surface area (Å²) in [5.74, 6) is -0.443. The summed E-state index contributed by atoms with van der Waals surface area (Å²) in [7, 11) is -7.21. The van der Waals surface area contributed by atoms with E-state index in [1.165, 1.54) is 18.2 Å². The molecule has 174 valence electrons. The number of hydrogen-bond donors (Lipinski definition) is 2. The molecule has 0 aliphatic carbocycles. The van der Waals surface area contributed by atoms with Gasteiger partial charge in [0.25, 0.3) is 15.9 Å². The van der Waals surface area contributed by atoms with Crippen LogP contribution < -0.4 is 10.0 Å². The van der Waals surface area contributed by atoms with Crippen LogP contribution in [0.2, 0.25) is 0 Å². The maximum Gasteiger partial charge on any atom is 0.262 e. The van der Waals surface area contributed by atoms with Crippen molar-refractivity contribution in [1.29, 1.82) is 0 Å². The highest BCUT2D eigenvalue weighted by atomic mass is 32.2. The molecule has 0 saturated heterocycles. The summed E-state index contributed by atoms with van der Waals surface area (Å²) >= 11 is 0. The first-order valence-corrected chi connectivity index (χ1v) is 13.6. The molecule has 0 aliphatic heterocycles. The molecule has 0 fully saturated rings. The Morgan fingerprint density at radius 2 is 1.45 bits per heavy atom. The van der Waals surface area contributed by atoms with Gasteiger partial charge in [0.05, 0.1) is 15.8 Å². The Bertz CT molecular complexity index is 1380. The Morgan fingerprint density at radius 1 is 0.848 bits per heavy atom. The number of nitrogens with one attached hydrogen (secondary N) is 2. The summed E-state index contributed by atoms with van der Waals surface area (Å²) in [5.41, 5.74) is 2.87. The maximum absolute atomic E-state index is 12.9. The highest BCUT2D eigenvalue weighted by Crippen LogP contribution is 2.22. The third-order valence-electron chi connectivity index (χ3n) is 5.20. The SMILES string of the molecule is Cc1ccc(NS(=O)(=O)c2cc(C(=O)N[C@@H](C)c3ccc(S(C)(=O)=O)cc3)ccc2C)cc1. The van der Waals surface area contributed by atoms with Crippen molar-refractivity contribution in [2.45, 2.75) is 36.6 Å². The van der Waals surface area contributed by atoms with E-state index in [0.29, 0.717) is 11.3 Å². The summed E-state index contributed by atoms with van der Waals surface area (Å²) in [5, 5.41) is 2.82. The Hall–Kier alpha value is -3.17. The minimum Gasteiger partial charge on any atom is -0.346 e. The van der Waals surface area contributed by atoms with E-state index in [1.54, 1.807) is 62.4 Å². The number of aryl methyl sites for hydroxylation is 2. The highest BCUT2D eigenvalue weighted by molar-refractivity contribution is 7.92. The molecule has 3 aromatic carbocycles. The fourth-order valence-corrected chi connectivity index (χ4v) is 5.19. The van der Waals surface area contributed by atoms with Crippen LogP contribution in [-0.4, -0.2) is 29.0 Å². The summed E-state index contributed by atoms with van der Waals surface area (Å²) in [6, 6.07) is 17.3. The Balaban J connectivity index is 1.80. The molecule has 33 heavy (non-hydrogen) atoms. The second kappa shape index (κ2) is 9.36. The van der Waals surface area contributed by atoms with Crippen LogP contribution in [0.4, 0.5) is 5.69 Å². The average Bonchev–Trinajstić information content (AvgIpc) is 2.74. The van der Waals surface area contributed by atoms with Crippen LogP contribution in [0.25, 0.3) is 0 Å². The van der Waals surface area contributed by atoms with Crippen molar-refractivity contribution in [3.05, 3.63) is 89.0 Å². The molecule has 3 rings (SSSR count). The van der Waals surface area contributed by atoms with E-state index >= 15 is 0 Å². The van der Waals surface area contributed by atoms with Gasteiger partial charge in [0.1, 0.15) is 0 Å². The summed E-state index contributed by atoms with van der Waals surface area (Å²) in [6.07, 6.45) is 1.13. The lowest BCUT2D eigenvalue weighted by molar-refractivity contribution is 0.0939. The van der Waals surface area contributed by atoms with E-state index in [-0.39, 0.29) is 15.4 Å². The van der Waals surface area contributed by atoms with E-state index in [0.717, 1.165) is 17.4 Å². The molecule has 0 heterocycles. The first-order chi connectivity index (χ1) is 15.4. The van der Waals surface area contributed by atoms with Gasteiger partial charge in [-0.05, 0) is 68.3 Å². The van der Waals surface area contributed by atoms with Gasteiger partial charge in [-0.25, -0.2) is 16.8 Å². The van der Waals surface area contributed by atoms with Crippen molar-refractivity contribution in [1.82, 2.24) is 5.32 Å². The molecule has 7 nitrogen and oxygen atoms in total. The normalized spacial score (nSPS) is 12.7. The van der Waals surface area contributed by atoms with Gasteiger partial charge in [-0.1, -0.05) is 35.9 Å². The van der Waals surface area contributed by atoms with Crippen molar-refractivity contribution in [3.8, 4) is 0 Å². The quantitative estimate of drug-likeness (QED) is 0.525. The molecule has 0 radical (unpaired) electrons. The zero-order chi connectivity index (χ0) is 24.4. The molecule has 0 unspecified atom stereocenters. The molecular formula is C24H26N2O5S2. The largest absolute Gasteiger partial charge is 0.346 e. The zero-order valence-corrected chi connectivity index (χ0v) is 20.4. The lowest BCUT2D eigenvalue weighted by Gasteiger charge is -2.16. The first-order valence-electron chi connectivity index (χ1n) is 10.2. The van der Waals surface area contributed by atoms with E-state index in [4.69, 9.17) is 0 Å². The van der Waals surface area contributed by atoms with E-state index in [1.807, 2.05) is 6.92 Å². The molecule has 9 heteroatoms. The molecule has 0 saturated carbocycles. The van der Waals surface area contributed by atoms with Crippen molar-refractivity contribution in [3.63, 3.8) is 0 Å². The standard InChI is InChI=1S/C24H26N2O5S2/c1-16-5-11-21(12-6-16)26-33(30,31)23-15-20(8-7-17(23)2)24(27)25-18(3)19-9-13-22(14-10-19)32(4,28)29/h5-15,18,26H,1-4H3,(H,25,27)/t18-/m0/s1. The van der Waals surface area contributed by atoms with Crippen LogP contribution in [-0.2, 0) is 19.9 Å². The van der Waals surface area contributed by atoms with E-state index in [9.17, 15) is 21.6 Å². The van der Waals surface area contributed by atoms with Crippen molar-refractivity contribution < 1.29 is 21.6 Å². The van der Waals surface area contributed by atoms with Crippen LogP contribution in [0.3, 0.4) is 0 Å². The molecule has 1 amide bonds. The van der Waals surface area contributed by atoms with Crippen molar-refractivity contribution in [2.24, 2.45) is 0 Å². The van der Waals surface area contributed by atoms with Gasteiger partial charge in [0.15, 0.2) is 9.84 Å². The molecule has 0 aliphatic rings. The summed E-state index contributed by atoms with van der Waals surface area (Å²) in [4.78, 5) is 13.0. The number of anilines is 1. The fraction of sp³-hybridized carbons (Fsp3) is 0.208. The topological polar surface area (TPSA) is 109 Å². The van der Waals surface area contributed by atoms with E-state index < -0.39 is 31.8 Å². The Kier molecular flexibility index (Phi) is 6.94. The minimum absolute atomic E-state index is 0.0147.